The van der Waals surface area contributed by atoms with Gasteiger partial charge in [0.1, 0.15) is 55.4 Å². The van der Waals surface area contributed by atoms with E-state index in [-0.39, 0.29) is 47.9 Å². The molecule has 0 spiro atoms. The van der Waals surface area contributed by atoms with Crippen molar-refractivity contribution in [3.63, 3.8) is 0 Å². The molecule has 15 atom stereocenters. The first-order chi connectivity index (χ1) is 36.1. The van der Waals surface area contributed by atoms with Crippen molar-refractivity contribution < 1.29 is 75.6 Å². The minimum Gasteiger partial charge on any atom is -0.394 e. The highest BCUT2D eigenvalue weighted by Gasteiger charge is 2.47. The molecule has 4 aliphatic heterocycles. The Bertz CT molecular complexity index is 3520. The molecule has 0 radical (unpaired) electrons. The molecule has 424 valence electrons. The van der Waals surface area contributed by atoms with Crippen molar-refractivity contribution in [3.8, 4) is 0 Å². The topological polar surface area (TPSA) is 438 Å². The van der Waals surface area contributed by atoms with Gasteiger partial charge in [-0.25, -0.2) is 28.3 Å². The molecule has 3 unspecified atom stereocenters. The molecule has 0 bridgehead atoms. The Kier molecular flexibility index (Phi) is 17.8. The fourth-order valence-corrected chi connectivity index (χ4v) is 14.3. The molecule has 9 N–H and O–H groups in total. The van der Waals surface area contributed by atoms with Crippen LogP contribution in [0, 0.1) is 27.7 Å². The van der Waals surface area contributed by atoms with Crippen LogP contribution in [0.5, 0.6) is 0 Å². The molecular formula is C40H53N8O24P3S2. The molecule has 4 aliphatic rings. The second kappa shape index (κ2) is 23.4. The van der Waals surface area contributed by atoms with Gasteiger partial charge in [-0.15, -0.1) is 0 Å². The predicted octanol–water partition coefficient (Wildman–Crippen LogP) is -1.74. The molecule has 32 nitrogen and oxygen atoms in total. The summed E-state index contributed by atoms with van der Waals surface area (Å²) in [6, 6.07) is 0. The van der Waals surface area contributed by atoms with Crippen LogP contribution in [-0.4, -0.2) is 138 Å². The lowest BCUT2D eigenvalue weighted by atomic mass is 10.2. The SMILES string of the molecule is Cc1cn([C@H]2C[C@H](OP(=O)(O)OC[C@H]3O[C@@H](n4cc(C)c(=O)[nH]c4=O)C[C@@H]3OP(O)(=S)SC[C@H]3O[C@@H](n4cc(C)c(=O)[nH]c4=O)C[C@@H]3OP(=O)(O)OC[C@H]3O[C@@H](n4cc(C)c(=O)[nH]c4=O)C[C@@H]3O)[C@@H](CO)O2)c(=O)[nH]c1=O. The second-order valence-corrected chi connectivity index (χ2v) is 27.3. The molecule has 0 amide bonds. The van der Waals surface area contributed by atoms with Crippen LogP contribution in [0.15, 0.2) is 63.1 Å². The van der Waals surface area contributed by atoms with Crippen LogP contribution < -0.4 is 45.0 Å². The van der Waals surface area contributed by atoms with Crippen molar-refractivity contribution in [2.75, 3.05) is 25.6 Å². The Labute approximate surface area is 439 Å². The first-order valence-corrected chi connectivity index (χ1v) is 30.5. The first kappa shape index (κ1) is 58.8. The third kappa shape index (κ3) is 13.8. The molecule has 8 rings (SSSR count). The minimum absolute atomic E-state index is 0.0915. The highest BCUT2D eigenvalue weighted by Crippen LogP contribution is 2.60. The van der Waals surface area contributed by atoms with Crippen LogP contribution in [0.3, 0.4) is 0 Å². The molecule has 4 fully saturated rings. The number of hydrogen-bond acceptors (Lipinski definition) is 23. The van der Waals surface area contributed by atoms with Gasteiger partial charge in [-0.1, -0.05) is 11.4 Å². The van der Waals surface area contributed by atoms with Gasteiger partial charge in [0.2, 0.25) is 5.69 Å². The van der Waals surface area contributed by atoms with Crippen LogP contribution in [0.4, 0.5) is 0 Å². The summed E-state index contributed by atoms with van der Waals surface area (Å²) >= 11 is 6.09. The number of phosphoric acid groups is 2. The standard InChI is InChI=1S/C40H53N8O24P3S2/c1-17-9-45(37(55)41-33(17)51)29-5-21(50)26(67-29)14-64-73(59,60)71-24-8-32(48-12-20(4)36(54)44-40(48)58)69-28(24)16-77-75(63,76)72-23-7-31(47-11-19(3)35(53)43-39(47)57)68-27(23)15-65-74(61,62)70-22-6-30(66-25(22)13-49)46-10-18(2)34(52)42-38(46)56/h9-12,21-32,49-50H,5-8,13-16H2,1-4H3,(H,59,60)(H,61,62)(H,63,76)(H,41,51,55)(H,42,52,56)(H,43,53,57)(H,44,54,58)/t21-,22-,23-,24-,25+,26+,27+,28+,29+,30+,31+,32+,75?/m0/s1. The maximum absolute atomic E-state index is 13.6. The van der Waals surface area contributed by atoms with Gasteiger partial charge in [0.25, 0.3) is 22.2 Å². The maximum Gasteiger partial charge on any atom is 0.472 e. The molecule has 4 aromatic rings. The lowest BCUT2D eigenvalue weighted by Crippen LogP contribution is -2.33. The summed E-state index contributed by atoms with van der Waals surface area (Å²) in [6.45, 7) is 3.35. The highest BCUT2D eigenvalue weighted by atomic mass is 32.9. The number of nitrogens with zero attached hydrogens (tertiary/aromatic N) is 4. The molecular weight excluding hydrogens is 1130 g/mol. The minimum atomic E-state index is -5.16. The van der Waals surface area contributed by atoms with E-state index in [1.807, 2.05) is 0 Å². The van der Waals surface area contributed by atoms with Crippen molar-refractivity contribution in [2.45, 2.75) is 127 Å². The quantitative estimate of drug-likeness (QED) is 0.0444. The molecule has 37 heteroatoms. The number of ether oxygens (including phenoxy) is 4. The average Bonchev–Trinajstić information content (AvgIpc) is 4.16. The summed E-state index contributed by atoms with van der Waals surface area (Å²) in [4.78, 5) is 141. The zero-order valence-corrected chi connectivity index (χ0v) is 45.2. The largest absolute Gasteiger partial charge is 0.472 e. The lowest BCUT2D eigenvalue weighted by Gasteiger charge is -2.26. The smallest absolute Gasteiger partial charge is 0.394 e. The summed E-state index contributed by atoms with van der Waals surface area (Å²) in [5.74, 6) is -0.400. The van der Waals surface area contributed by atoms with Gasteiger partial charge in [-0.05, 0) is 39.5 Å². The van der Waals surface area contributed by atoms with Crippen molar-refractivity contribution in [1.29, 1.82) is 0 Å². The van der Waals surface area contributed by atoms with Crippen LogP contribution in [0.2, 0.25) is 0 Å². The summed E-state index contributed by atoms with van der Waals surface area (Å²) < 4.78 is 82.3. The Balaban J connectivity index is 0.963. The molecule has 0 aromatic carbocycles. The number of aromatic nitrogens is 8. The van der Waals surface area contributed by atoms with E-state index in [2.05, 4.69) is 19.9 Å². The molecule has 4 saturated heterocycles. The van der Waals surface area contributed by atoms with Crippen LogP contribution in [0.1, 0.15) is 72.8 Å². The number of aliphatic hydroxyl groups is 2. The number of hydrogen-bond donors (Lipinski definition) is 9. The van der Waals surface area contributed by atoms with Crippen LogP contribution in [-0.2, 0) is 62.5 Å². The van der Waals surface area contributed by atoms with E-state index in [9.17, 15) is 72.4 Å². The van der Waals surface area contributed by atoms with Gasteiger partial charge >= 0.3 is 38.4 Å². The van der Waals surface area contributed by atoms with Gasteiger partial charge in [0, 0.05) is 78.5 Å². The number of aromatic amines is 4. The lowest BCUT2D eigenvalue weighted by molar-refractivity contribution is -0.0556. The second-order valence-electron chi connectivity index (χ2n) is 18.3. The van der Waals surface area contributed by atoms with Crippen molar-refractivity contribution in [1.82, 2.24) is 38.2 Å². The highest BCUT2D eigenvalue weighted by molar-refractivity contribution is 8.67. The predicted molar refractivity (Wildman–Crippen MR) is 267 cm³/mol. The van der Waals surface area contributed by atoms with E-state index >= 15 is 0 Å². The van der Waals surface area contributed by atoms with E-state index in [1.165, 1.54) is 52.5 Å². The number of aryl methyl sites for hydroxylation is 4. The van der Waals surface area contributed by atoms with Crippen molar-refractivity contribution in [3.05, 3.63) is 130 Å². The average molecular weight is 1190 g/mol. The summed E-state index contributed by atoms with van der Waals surface area (Å²) in [5, 5.41) is 20.8. The fourth-order valence-electron chi connectivity index (χ4n) is 8.75. The van der Waals surface area contributed by atoms with Crippen molar-refractivity contribution >= 4 is 44.5 Å². The van der Waals surface area contributed by atoms with Crippen molar-refractivity contribution in [2.24, 2.45) is 0 Å². The Morgan fingerprint density at radius 1 is 0.545 bits per heavy atom. The molecule has 8 heterocycles. The zero-order chi connectivity index (χ0) is 56.1. The van der Waals surface area contributed by atoms with E-state index in [0.29, 0.717) is 11.4 Å². The van der Waals surface area contributed by atoms with Gasteiger partial charge in [0.15, 0.2) is 0 Å². The summed E-state index contributed by atoms with van der Waals surface area (Å²) in [6.07, 6.45) is -11.9. The number of aliphatic hydroxyl groups excluding tert-OH is 2. The maximum atomic E-state index is 13.6. The van der Waals surface area contributed by atoms with E-state index in [4.69, 9.17) is 53.4 Å². The zero-order valence-electron chi connectivity index (χ0n) is 40.8. The van der Waals surface area contributed by atoms with E-state index in [1.54, 1.807) is 0 Å². The molecule has 4 aromatic heterocycles. The number of phosphoric ester groups is 2. The third-order valence-corrected chi connectivity index (χ3v) is 19.0. The molecule has 77 heavy (non-hydrogen) atoms. The van der Waals surface area contributed by atoms with Crippen LogP contribution >= 0.6 is 32.7 Å². The summed E-state index contributed by atoms with van der Waals surface area (Å²) in [7, 11) is -10.3. The summed E-state index contributed by atoms with van der Waals surface area (Å²) in [5.41, 5.74) is -9.89. The Morgan fingerprint density at radius 3 is 1.27 bits per heavy atom. The van der Waals surface area contributed by atoms with E-state index < -0.39 is 166 Å². The Hall–Kier alpha value is -4.38. The molecule has 0 aliphatic carbocycles. The van der Waals surface area contributed by atoms with Gasteiger partial charge in [-0.2, -0.15) is 0 Å². The molecule has 0 saturated carbocycles. The number of rotatable bonds is 20. The van der Waals surface area contributed by atoms with Gasteiger partial charge < -0.3 is 48.4 Å². The van der Waals surface area contributed by atoms with Crippen LogP contribution in [0.25, 0.3) is 0 Å². The Morgan fingerprint density at radius 2 is 0.870 bits per heavy atom. The van der Waals surface area contributed by atoms with Gasteiger partial charge in [0.05, 0.1) is 38.1 Å². The monoisotopic (exact) mass is 1190 g/mol. The van der Waals surface area contributed by atoms with E-state index in [0.717, 1.165) is 18.3 Å². The number of H-pyrrole nitrogens is 4. The van der Waals surface area contributed by atoms with Gasteiger partial charge in [-0.3, -0.25) is 75.5 Å². The first-order valence-electron chi connectivity index (χ1n) is 23.3. The number of nitrogens with one attached hydrogen (secondary N) is 4. The fraction of sp³-hybridized carbons (Fsp3) is 0.600. The third-order valence-electron chi connectivity index (χ3n) is 12.8. The normalized spacial score (nSPS) is 29.8.